The summed E-state index contributed by atoms with van der Waals surface area (Å²) in [4.78, 5) is 16.5. The van der Waals surface area contributed by atoms with Crippen LogP contribution in [-0.4, -0.2) is 28.8 Å². The maximum absolute atomic E-state index is 12.1. The highest BCUT2D eigenvalue weighted by atomic mass is 16.3. The van der Waals surface area contributed by atoms with Crippen molar-refractivity contribution in [1.82, 2.24) is 15.6 Å². The number of fused-ring (bicyclic) bond motifs is 1. The molecule has 0 bridgehead atoms. The van der Waals surface area contributed by atoms with E-state index >= 15 is 0 Å². The van der Waals surface area contributed by atoms with Crippen LogP contribution in [-0.2, 0) is 6.54 Å². The van der Waals surface area contributed by atoms with Crippen molar-refractivity contribution in [2.75, 3.05) is 6.54 Å². The molecule has 1 aliphatic carbocycles. The number of nitrogens with one attached hydrogen (secondary N) is 2. The zero-order valence-electron chi connectivity index (χ0n) is 14.1. The second-order valence-electron chi connectivity index (χ2n) is 6.94. The number of nitrogens with zero attached hydrogens (tertiary/aromatic N) is 1. The van der Waals surface area contributed by atoms with E-state index < -0.39 is 0 Å². The molecular weight excluding hydrogens is 302 g/mol. The summed E-state index contributed by atoms with van der Waals surface area (Å²) < 4.78 is 0. The minimum absolute atomic E-state index is 0.207. The van der Waals surface area contributed by atoms with E-state index in [4.69, 9.17) is 0 Å². The molecule has 1 aromatic heterocycles. The average molecular weight is 327 g/mol. The number of benzene rings is 1. The molecule has 1 heterocycles. The zero-order valence-corrected chi connectivity index (χ0v) is 14.1. The molecule has 3 N–H and O–H groups in total. The lowest BCUT2D eigenvalue weighted by Gasteiger charge is -2.38. The molecule has 1 fully saturated rings. The Kier molecular flexibility index (Phi) is 5.00. The summed E-state index contributed by atoms with van der Waals surface area (Å²) in [5.41, 5.74) is 1.68. The van der Waals surface area contributed by atoms with E-state index in [-0.39, 0.29) is 17.6 Å². The van der Waals surface area contributed by atoms with Gasteiger partial charge in [0.1, 0.15) is 0 Å². The molecule has 2 amide bonds. The quantitative estimate of drug-likeness (QED) is 0.808. The van der Waals surface area contributed by atoms with Gasteiger partial charge in [0.25, 0.3) is 0 Å². The van der Waals surface area contributed by atoms with Crippen LogP contribution in [0.5, 0.6) is 0 Å². The van der Waals surface area contributed by atoms with Crippen LogP contribution in [0.4, 0.5) is 4.79 Å². The maximum atomic E-state index is 12.1. The Labute approximate surface area is 142 Å². The summed E-state index contributed by atoms with van der Waals surface area (Å²) in [6.07, 6.45) is 5.37. The minimum atomic E-state index is -0.339. The molecule has 2 unspecified atom stereocenters. The summed E-state index contributed by atoms with van der Waals surface area (Å²) in [5, 5.41) is 17.1. The third kappa shape index (κ3) is 3.67. The standard InChI is InChI=1S/C19H25N3O2/c1-19(10-3-2-9-16(19)23)13-22-18(24)21-12-15-7-4-6-14-8-5-11-20-17(14)15/h4-8,11,16,23H,2-3,9-10,12-13H2,1H3,(H2,21,22,24). The molecule has 128 valence electrons. The average Bonchev–Trinajstić information content (AvgIpc) is 2.61. The van der Waals surface area contributed by atoms with E-state index in [2.05, 4.69) is 15.6 Å². The van der Waals surface area contributed by atoms with Crippen LogP contribution >= 0.6 is 0 Å². The predicted molar refractivity (Wildman–Crippen MR) is 94.6 cm³/mol. The number of pyridine rings is 1. The fourth-order valence-electron chi connectivity index (χ4n) is 3.42. The van der Waals surface area contributed by atoms with Gasteiger partial charge in [-0.25, -0.2) is 4.79 Å². The Morgan fingerprint density at radius 3 is 2.96 bits per heavy atom. The highest BCUT2D eigenvalue weighted by Crippen LogP contribution is 2.35. The Morgan fingerprint density at radius 2 is 2.12 bits per heavy atom. The molecule has 5 heteroatoms. The number of aliphatic hydroxyl groups excluding tert-OH is 1. The molecule has 1 aromatic carbocycles. The maximum Gasteiger partial charge on any atom is 0.315 e. The molecule has 5 nitrogen and oxygen atoms in total. The fraction of sp³-hybridized carbons (Fsp3) is 0.474. The van der Waals surface area contributed by atoms with Crippen molar-refractivity contribution in [2.45, 2.75) is 45.3 Å². The topological polar surface area (TPSA) is 74.2 Å². The number of urea groups is 1. The van der Waals surface area contributed by atoms with E-state index in [0.29, 0.717) is 13.1 Å². The third-order valence-electron chi connectivity index (χ3n) is 5.09. The summed E-state index contributed by atoms with van der Waals surface area (Å²) in [6, 6.07) is 9.67. The predicted octanol–water partition coefficient (Wildman–Crippen LogP) is 2.98. The van der Waals surface area contributed by atoms with Crippen molar-refractivity contribution < 1.29 is 9.90 Å². The highest BCUT2D eigenvalue weighted by Gasteiger charge is 2.35. The largest absolute Gasteiger partial charge is 0.392 e. The molecule has 1 aliphatic rings. The molecule has 3 rings (SSSR count). The number of carbonyl (C=O) groups is 1. The molecule has 0 radical (unpaired) electrons. The van der Waals surface area contributed by atoms with Crippen molar-refractivity contribution in [3.63, 3.8) is 0 Å². The number of rotatable bonds is 4. The van der Waals surface area contributed by atoms with E-state index in [1.54, 1.807) is 6.20 Å². The first-order chi connectivity index (χ1) is 11.6. The number of hydrogen-bond donors (Lipinski definition) is 3. The van der Waals surface area contributed by atoms with Gasteiger partial charge in [0, 0.05) is 30.1 Å². The normalized spacial score (nSPS) is 23.8. The van der Waals surface area contributed by atoms with Crippen LogP contribution in [0, 0.1) is 5.41 Å². The van der Waals surface area contributed by atoms with Crippen molar-refractivity contribution in [1.29, 1.82) is 0 Å². The smallest absolute Gasteiger partial charge is 0.315 e. The molecule has 0 saturated heterocycles. The van der Waals surface area contributed by atoms with E-state index in [1.165, 1.54) is 0 Å². The van der Waals surface area contributed by atoms with E-state index in [9.17, 15) is 9.90 Å². The lowest BCUT2D eigenvalue weighted by Crippen LogP contribution is -2.47. The van der Waals surface area contributed by atoms with E-state index in [0.717, 1.165) is 42.1 Å². The molecule has 1 saturated carbocycles. The van der Waals surface area contributed by atoms with Crippen LogP contribution < -0.4 is 10.6 Å². The summed E-state index contributed by atoms with van der Waals surface area (Å²) in [6.45, 7) is 2.97. The number of para-hydroxylation sites is 1. The van der Waals surface area contributed by atoms with Crippen LogP contribution in [0.15, 0.2) is 36.5 Å². The van der Waals surface area contributed by atoms with Gasteiger partial charge in [-0.05, 0) is 24.5 Å². The van der Waals surface area contributed by atoms with Crippen molar-refractivity contribution in [3.8, 4) is 0 Å². The Morgan fingerprint density at radius 1 is 1.29 bits per heavy atom. The van der Waals surface area contributed by atoms with Gasteiger partial charge in [-0.2, -0.15) is 0 Å². The molecule has 0 spiro atoms. The van der Waals surface area contributed by atoms with Crippen molar-refractivity contribution in [2.24, 2.45) is 5.41 Å². The van der Waals surface area contributed by atoms with Gasteiger partial charge in [0.2, 0.25) is 0 Å². The van der Waals surface area contributed by atoms with Crippen LogP contribution in [0.25, 0.3) is 10.9 Å². The number of aromatic nitrogens is 1. The highest BCUT2D eigenvalue weighted by molar-refractivity contribution is 5.82. The van der Waals surface area contributed by atoms with Gasteiger partial charge in [-0.15, -0.1) is 0 Å². The van der Waals surface area contributed by atoms with Gasteiger partial charge in [-0.3, -0.25) is 4.98 Å². The molecular formula is C19H25N3O2. The SMILES string of the molecule is CC1(CNC(=O)NCc2cccc3cccnc23)CCCCC1O. The molecule has 2 atom stereocenters. The first-order valence-corrected chi connectivity index (χ1v) is 8.61. The lowest BCUT2D eigenvalue weighted by molar-refractivity contribution is 0.00309. The van der Waals surface area contributed by atoms with Crippen LogP contribution in [0.2, 0.25) is 0 Å². The number of aliphatic hydroxyl groups is 1. The summed E-state index contributed by atoms with van der Waals surface area (Å²) in [7, 11) is 0. The molecule has 24 heavy (non-hydrogen) atoms. The monoisotopic (exact) mass is 327 g/mol. The number of amides is 2. The van der Waals surface area contributed by atoms with Crippen LogP contribution in [0.1, 0.15) is 38.2 Å². The fourth-order valence-corrected chi connectivity index (χ4v) is 3.42. The Balaban J connectivity index is 1.55. The van der Waals surface area contributed by atoms with Gasteiger partial charge in [0.15, 0.2) is 0 Å². The molecule has 0 aliphatic heterocycles. The summed E-state index contributed by atoms with van der Waals surface area (Å²) in [5.74, 6) is 0. The Hall–Kier alpha value is -2.14. The third-order valence-corrected chi connectivity index (χ3v) is 5.09. The van der Waals surface area contributed by atoms with Crippen molar-refractivity contribution in [3.05, 3.63) is 42.1 Å². The van der Waals surface area contributed by atoms with Gasteiger partial charge in [-0.1, -0.05) is 44.0 Å². The second kappa shape index (κ2) is 7.18. The van der Waals surface area contributed by atoms with Gasteiger partial charge in [0.05, 0.1) is 11.6 Å². The Bertz CT molecular complexity index is 713. The van der Waals surface area contributed by atoms with Crippen LogP contribution in [0.3, 0.4) is 0 Å². The first-order valence-electron chi connectivity index (χ1n) is 8.61. The second-order valence-corrected chi connectivity index (χ2v) is 6.94. The molecule has 2 aromatic rings. The van der Waals surface area contributed by atoms with Crippen molar-refractivity contribution >= 4 is 16.9 Å². The number of hydrogen-bond acceptors (Lipinski definition) is 3. The lowest BCUT2D eigenvalue weighted by atomic mass is 9.73. The zero-order chi connectivity index (χ0) is 17.0. The van der Waals surface area contributed by atoms with E-state index in [1.807, 2.05) is 37.3 Å². The minimum Gasteiger partial charge on any atom is -0.392 e. The number of carbonyl (C=O) groups excluding carboxylic acids is 1. The van der Waals surface area contributed by atoms with Gasteiger partial charge >= 0.3 is 6.03 Å². The first kappa shape index (κ1) is 16.7. The summed E-state index contributed by atoms with van der Waals surface area (Å²) >= 11 is 0. The van der Waals surface area contributed by atoms with Gasteiger partial charge < -0.3 is 15.7 Å².